The lowest BCUT2D eigenvalue weighted by Crippen LogP contribution is -2.48. The maximum absolute atomic E-state index is 14.9. The lowest BCUT2D eigenvalue weighted by molar-refractivity contribution is -0.0653. The van der Waals surface area contributed by atoms with Crippen LogP contribution in [-0.2, 0) is 15.1 Å². The van der Waals surface area contributed by atoms with Crippen molar-refractivity contribution in [3.05, 3.63) is 70.7 Å². The van der Waals surface area contributed by atoms with Gasteiger partial charge in [0.15, 0.2) is 5.78 Å². The molecule has 0 bridgehead atoms. The van der Waals surface area contributed by atoms with Crippen molar-refractivity contribution in [2.75, 3.05) is 25.5 Å². The number of likely N-dealkylation sites (tertiary alicyclic amines) is 1. The van der Waals surface area contributed by atoms with Gasteiger partial charge in [-0.05, 0) is 71.2 Å². The molecule has 1 aliphatic heterocycles. The molecule has 7 nitrogen and oxygen atoms in total. The number of ether oxygens (including phenoxy) is 2. The third kappa shape index (κ3) is 6.32. The number of alkyl halides is 2. The molecule has 1 amide bonds. The number of benzene rings is 2. The lowest BCUT2D eigenvalue weighted by atomic mass is 9.80. The topological polar surface area (TPSA) is 80.8 Å². The number of carbonyl (C=O) groups is 2. The minimum atomic E-state index is -2.93. The average Bonchev–Trinajstić information content (AvgIpc) is 2.91. The normalized spacial score (nSPS) is 16.1. The molecule has 1 aliphatic rings. The maximum Gasteiger partial charge on any atom is 0.410 e. The van der Waals surface area contributed by atoms with Gasteiger partial charge in [-0.25, -0.2) is 18.0 Å². The van der Waals surface area contributed by atoms with E-state index in [0.29, 0.717) is 53.6 Å². The second-order valence-electron chi connectivity index (χ2n) is 11.4. The van der Waals surface area contributed by atoms with E-state index in [2.05, 4.69) is 10.3 Å². The molecule has 1 N–H and O–H groups in total. The van der Waals surface area contributed by atoms with Crippen molar-refractivity contribution in [2.45, 2.75) is 71.1 Å². The van der Waals surface area contributed by atoms with Crippen LogP contribution >= 0.6 is 0 Å². The number of rotatable bonds is 7. The number of pyridine rings is 1. The van der Waals surface area contributed by atoms with Crippen LogP contribution in [0.5, 0.6) is 0 Å². The van der Waals surface area contributed by atoms with E-state index in [9.17, 15) is 22.8 Å². The van der Waals surface area contributed by atoms with Crippen LogP contribution in [0.15, 0.2) is 42.6 Å². The van der Waals surface area contributed by atoms with E-state index in [1.165, 1.54) is 19.1 Å². The zero-order valence-electron chi connectivity index (χ0n) is 24.2. The van der Waals surface area contributed by atoms with E-state index in [-0.39, 0.29) is 11.3 Å². The summed E-state index contributed by atoms with van der Waals surface area (Å²) in [4.78, 5) is 31.6. The fraction of sp³-hybridized carbons (Fsp3) is 0.452. The zero-order valence-corrected chi connectivity index (χ0v) is 24.2. The predicted molar refractivity (Wildman–Crippen MR) is 151 cm³/mol. The highest BCUT2D eigenvalue weighted by Gasteiger charge is 2.41. The van der Waals surface area contributed by atoms with Crippen LogP contribution in [0, 0.1) is 5.82 Å². The molecule has 220 valence electrons. The van der Waals surface area contributed by atoms with Crippen molar-refractivity contribution in [1.29, 1.82) is 0 Å². The van der Waals surface area contributed by atoms with Gasteiger partial charge in [-0.1, -0.05) is 18.2 Å². The first kappa shape index (κ1) is 30.3. The molecule has 1 aromatic heterocycles. The number of methoxy groups -OCH3 is 1. The number of halogens is 3. The fourth-order valence-corrected chi connectivity index (χ4v) is 5.33. The van der Waals surface area contributed by atoms with Crippen LogP contribution in [0.25, 0.3) is 10.9 Å². The molecule has 1 saturated heterocycles. The fourth-order valence-electron chi connectivity index (χ4n) is 5.33. The Morgan fingerprint density at radius 2 is 1.76 bits per heavy atom. The van der Waals surface area contributed by atoms with Gasteiger partial charge < -0.3 is 19.7 Å². The number of anilines is 1. The van der Waals surface area contributed by atoms with Gasteiger partial charge >= 0.3 is 6.09 Å². The molecule has 1 fully saturated rings. The molecular formula is C31H36F3N3O4. The van der Waals surface area contributed by atoms with Crippen molar-refractivity contribution >= 4 is 28.5 Å². The molecule has 2 heterocycles. The van der Waals surface area contributed by atoms with Gasteiger partial charge in [0, 0.05) is 48.6 Å². The molecule has 0 aliphatic carbocycles. The van der Waals surface area contributed by atoms with Crippen molar-refractivity contribution in [3.8, 4) is 0 Å². The summed E-state index contributed by atoms with van der Waals surface area (Å²) < 4.78 is 53.1. The Kier molecular flexibility index (Phi) is 8.63. The van der Waals surface area contributed by atoms with Gasteiger partial charge in [0.1, 0.15) is 11.4 Å². The summed E-state index contributed by atoms with van der Waals surface area (Å²) >= 11 is 0. The SMILES string of the molecule is COC1(c2cc3c(NC(C)c4cccc(C(F)F)c4F)ccnc3cc2C(C)=O)CCN(C(=O)OC(C)(C)C)CC1. The minimum Gasteiger partial charge on any atom is -0.444 e. The number of fused-ring (bicyclic) bond motifs is 1. The third-order valence-corrected chi connectivity index (χ3v) is 7.50. The van der Waals surface area contributed by atoms with Gasteiger partial charge in [0.25, 0.3) is 6.43 Å². The number of hydrogen-bond donors (Lipinski definition) is 1. The van der Waals surface area contributed by atoms with Gasteiger partial charge in [-0.3, -0.25) is 9.78 Å². The molecule has 0 spiro atoms. The number of piperidine rings is 1. The summed E-state index contributed by atoms with van der Waals surface area (Å²) in [6, 6.07) is 8.59. The van der Waals surface area contributed by atoms with Crippen LogP contribution in [0.4, 0.5) is 23.7 Å². The van der Waals surface area contributed by atoms with E-state index in [1.807, 2.05) is 26.8 Å². The molecule has 3 aromatic rings. The first-order valence-corrected chi connectivity index (χ1v) is 13.6. The number of ketones is 1. The zero-order chi connectivity index (χ0) is 30.1. The lowest BCUT2D eigenvalue weighted by Gasteiger charge is -2.42. The van der Waals surface area contributed by atoms with Crippen molar-refractivity contribution in [2.24, 2.45) is 0 Å². The van der Waals surface area contributed by atoms with E-state index in [1.54, 1.807) is 37.3 Å². The van der Waals surface area contributed by atoms with Crippen LogP contribution in [0.3, 0.4) is 0 Å². The predicted octanol–water partition coefficient (Wildman–Crippen LogP) is 7.56. The molecule has 0 saturated carbocycles. The Morgan fingerprint density at radius 1 is 1.10 bits per heavy atom. The largest absolute Gasteiger partial charge is 0.444 e. The van der Waals surface area contributed by atoms with Crippen LogP contribution in [0.2, 0.25) is 0 Å². The summed E-state index contributed by atoms with van der Waals surface area (Å²) in [6.07, 6.45) is -0.902. The second-order valence-corrected chi connectivity index (χ2v) is 11.4. The Bertz CT molecular complexity index is 1450. The summed E-state index contributed by atoms with van der Waals surface area (Å²) in [5.74, 6) is -1.11. The molecule has 1 atom stereocenters. The first-order chi connectivity index (χ1) is 19.3. The van der Waals surface area contributed by atoms with Gasteiger partial charge in [0.2, 0.25) is 0 Å². The Morgan fingerprint density at radius 3 is 2.34 bits per heavy atom. The van der Waals surface area contributed by atoms with E-state index >= 15 is 0 Å². The van der Waals surface area contributed by atoms with Crippen molar-refractivity contribution in [3.63, 3.8) is 0 Å². The maximum atomic E-state index is 14.9. The molecule has 4 rings (SSSR count). The van der Waals surface area contributed by atoms with Crippen LogP contribution in [0.1, 0.15) is 87.0 Å². The Labute approximate surface area is 238 Å². The highest BCUT2D eigenvalue weighted by atomic mass is 19.3. The van der Waals surface area contributed by atoms with Crippen molar-refractivity contribution < 1.29 is 32.2 Å². The van der Waals surface area contributed by atoms with E-state index < -0.39 is 41.1 Å². The number of nitrogens with zero attached hydrogens (tertiary/aromatic N) is 2. The molecule has 41 heavy (non-hydrogen) atoms. The Hall–Kier alpha value is -3.66. The summed E-state index contributed by atoms with van der Waals surface area (Å²) in [5, 5.41) is 3.90. The smallest absolute Gasteiger partial charge is 0.410 e. The van der Waals surface area contributed by atoms with Gasteiger partial charge in [0.05, 0.1) is 22.7 Å². The number of Topliss-reactive ketones (excluding diaryl/α,β-unsaturated/α-hetero) is 1. The van der Waals surface area contributed by atoms with Crippen LogP contribution < -0.4 is 5.32 Å². The van der Waals surface area contributed by atoms with Crippen LogP contribution in [-0.4, -0.2) is 47.6 Å². The first-order valence-electron chi connectivity index (χ1n) is 13.6. The summed E-state index contributed by atoms with van der Waals surface area (Å²) in [5.41, 5.74) is 0.236. The van der Waals surface area contributed by atoms with E-state index in [0.717, 1.165) is 6.07 Å². The summed E-state index contributed by atoms with van der Waals surface area (Å²) in [6.45, 7) is 9.34. The quantitative estimate of drug-likeness (QED) is 0.295. The summed E-state index contributed by atoms with van der Waals surface area (Å²) in [7, 11) is 1.58. The van der Waals surface area contributed by atoms with E-state index in [4.69, 9.17) is 9.47 Å². The third-order valence-electron chi connectivity index (χ3n) is 7.50. The highest BCUT2D eigenvalue weighted by molar-refractivity contribution is 6.02. The standard InChI is InChI=1S/C31H36F3N3O4/c1-18(20-8-7-9-21(27(20)32)28(33)34)36-25-10-13-35-26-17-22(19(2)38)24(16-23(25)26)31(40-6)11-14-37(15-12-31)29(39)41-30(3,4)5/h7-10,13,16-18,28H,11-12,14-15H2,1-6H3,(H,35,36). The average molecular weight is 572 g/mol. The highest BCUT2D eigenvalue weighted by Crippen LogP contribution is 2.41. The number of carbonyl (C=O) groups excluding carboxylic acids is 2. The monoisotopic (exact) mass is 571 g/mol. The number of nitrogens with one attached hydrogen (secondary N) is 1. The Balaban J connectivity index is 1.72. The molecule has 10 heteroatoms. The molecule has 0 radical (unpaired) electrons. The van der Waals surface area contributed by atoms with Gasteiger partial charge in [-0.2, -0.15) is 0 Å². The number of amides is 1. The number of aromatic nitrogens is 1. The van der Waals surface area contributed by atoms with Gasteiger partial charge in [-0.15, -0.1) is 0 Å². The number of hydrogen-bond acceptors (Lipinski definition) is 6. The minimum absolute atomic E-state index is 0.108. The molecule has 1 unspecified atom stereocenters. The molecule has 2 aromatic carbocycles. The molecular weight excluding hydrogens is 535 g/mol. The van der Waals surface area contributed by atoms with Crippen molar-refractivity contribution in [1.82, 2.24) is 9.88 Å². The second kappa shape index (κ2) is 11.7.